The highest BCUT2D eigenvalue weighted by Gasteiger charge is 2.14. The zero-order valence-electron chi connectivity index (χ0n) is 11.5. The van der Waals surface area contributed by atoms with Crippen molar-refractivity contribution in [2.75, 3.05) is 14.2 Å². The normalized spacial score (nSPS) is 12.2. The molecular weight excluding hydrogens is 338 g/mol. The molecular formula is C16H17BrClNO. The second-order valence-electron chi connectivity index (χ2n) is 4.56. The average molecular weight is 355 g/mol. The van der Waals surface area contributed by atoms with Crippen molar-refractivity contribution in [1.29, 1.82) is 0 Å². The van der Waals surface area contributed by atoms with Crippen LogP contribution in [0.5, 0.6) is 5.75 Å². The Labute approximate surface area is 133 Å². The van der Waals surface area contributed by atoms with Crippen molar-refractivity contribution < 1.29 is 4.74 Å². The van der Waals surface area contributed by atoms with Crippen LogP contribution in [0.1, 0.15) is 17.2 Å². The van der Waals surface area contributed by atoms with Crippen LogP contribution >= 0.6 is 27.5 Å². The molecule has 2 rings (SSSR count). The Morgan fingerprint density at radius 3 is 2.70 bits per heavy atom. The molecule has 0 spiro atoms. The first-order chi connectivity index (χ1) is 9.63. The standard InChI is InChI=1S/C16H17BrClNO/c1-19-16(14-7-6-12(18)10-15(14)17)9-11-4-3-5-13(8-11)20-2/h3-8,10,16,19H,9H2,1-2H3. The lowest BCUT2D eigenvalue weighted by Gasteiger charge is -2.19. The monoisotopic (exact) mass is 353 g/mol. The van der Waals surface area contributed by atoms with Crippen LogP contribution in [-0.4, -0.2) is 14.2 Å². The Morgan fingerprint density at radius 1 is 1.25 bits per heavy atom. The van der Waals surface area contributed by atoms with Gasteiger partial charge >= 0.3 is 0 Å². The van der Waals surface area contributed by atoms with Gasteiger partial charge in [0.2, 0.25) is 0 Å². The van der Waals surface area contributed by atoms with Crippen LogP contribution in [-0.2, 0) is 6.42 Å². The van der Waals surface area contributed by atoms with Gasteiger partial charge < -0.3 is 10.1 Å². The summed E-state index contributed by atoms with van der Waals surface area (Å²) < 4.78 is 6.29. The van der Waals surface area contributed by atoms with Crippen molar-refractivity contribution in [3.05, 3.63) is 63.1 Å². The fraction of sp³-hybridized carbons (Fsp3) is 0.250. The van der Waals surface area contributed by atoms with Gasteiger partial charge in [-0.05, 0) is 48.9 Å². The second-order valence-corrected chi connectivity index (χ2v) is 5.85. The molecule has 20 heavy (non-hydrogen) atoms. The van der Waals surface area contributed by atoms with Gasteiger partial charge in [-0.25, -0.2) is 0 Å². The predicted octanol–water partition coefficient (Wildman–Crippen LogP) is 4.61. The molecule has 1 unspecified atom stereocenters. The number of ether oxygens (including phenoxy) is 1. The van der Waals surface area contributed by atoms with Crippen LogP contribution in [0.3, 0.4) is 0 Å². The molecule has 0 bridgehead atoms. The number of benzene rings is 2. The summed E-state index contributed by atoms with van der Waals surface area (Å²) >= 11 is 9.58. The number of hydrogen-bond acceptors (Lipinski definition) is 2. The Balaban J connectivity index is 2.23. The topological polar surface area (TPSA) is 21.3 Å². The Bertz CT molecular complexity index is 588. The van der Waals surface area contributed by atoms with Gasteiger partial charge in [-0.3, -0.25) is 0 Å². The average Bonchev–Trinajstić information content (AvgIpc) is 2.45. The summed E-state index contributed by atoms with van der Waals surface area (Å²) in [6, 6.07) is 14.2. The minimum absolute atomic E-state index is 0.216. The molecule has 0 aliphatic heterocycles. The van der Waals surface area contributed by atoms with Gasteiger partial charge in [0.25, 0.3) is 0 Å². The molecule has 0 heterocycles. The van der Waals surface area contributed by atoms with Crippen molar-refractivity contribution in [3.63, 3.8) is 0 Å². The molecule has 1 N–H and O–H groups in total. The maximum Gasteiger partial charge on any atom is 0.119 e. The van der Waals surface area contributed by atoms with E-state index in [1.165, 1.54) is 11.1 Å². The zero-order valence-corrected chi connectivity index (χ0v) is 13.8. The van der Waals surface area contributed by atoms with Crippen LogP contribution in [0.4, 0.5) is 0 Å². The largest absolute Gasteiger partial charge is 0.497 e. The Hall–Kier alpha value is -1.03. The number of methoxy groups -OCH3 is 1. The molecule has 4 heteroatoms. The highest BCUT2D eigenvalue weighted by atomic mass is 79.9. The van der Waals surface area contributed by atoms with Crippen LogP contribution in [0.2, 0.25) is 5.02 Å². The van der Waals surface area contributed by atoms with Gasteiger partial charge in [-0.1, -0.05) is 45.7 Å². The second kappa shape index (κ2) is 7.11. The van der Waals surface area contributed by atoms with Gasteiger partial charge in [-0.2, -0.15) is 0 Å². The van der Waals surface area contributed by atoms with Crippen molar-refractivity contribution in [2.45, 2.75) is 12.5 Å². The summed E-state index contributed by atoms with van der Waals surface area (Å²) in [5.41, 5.74) is 2.42. The minimum atomic E-state index is 0.216. The third-order valence-electron chi connectivity index (χ3n) is 3.26. The smallest absolute Gasteiger partial charge is 0.119 e. The van der Waals surface area contributed by atoms with Gasteiger partial charge in [0.1, 0.15) is 5.75 Å². The molecule has 0 aromatic heterocycles. The summed E-state index contributed by atoms with van der Waals surface area (Å²) in [4.78, 5) is 0. The van der Waals surface area contributed by atoms with E-state index in [1.54, 1.807) is 7.11 Å². The third-order valence-corrected chi connectivity index (χ3v) is 4.18. The van der Waals surface area contributed by atoms with E-state index < -0.39 is 0 Å². The molecule has 0 aliphatic carbocycles. The zero-order chi connectivity index (χ0) is 14.5. The maximum atomic E-state index is 6.00. The summed E-state index contributed by atoms with van der Waals surface area (Å²) in [5, 5.41) is 4.08. The number of rotatable bonds is 5. The summed E-state index contributed by atoms with van der Waals surface area (Å²) in [5.74, 6) is 0.882. The molecule has 0 aliphatic rings. The van der Waals surface area contributed by atoms with Crippen LogP contribution in [0, 0.1) is 0 Å². The minimum Gasteiger partial charge on any atom is -0.497 e. The number of halogens is 2. The molecule has 106 valence electrons. The molecule has 0 radical (unpaired) electrons. The Kier molecular flexibility index (Phi) is 5.46. The van der Waals surface area contributed by atoms with E-state index in [0.29, 0.717) is 0 Å². The van der Waals surface area contributed by atoms with Crippen molar-refractivity contribution in [1.82, 2.24) is 5.32 Å². The van der Waals surface area contributed by atoms with E-state index in [1.807, 2.05) is 37.4 Å². The van der Waals surface area contributed by atoms with Gasteiger partial charge in [0, 0.05) is 15.5 Å². The highest BCUT2D eigenvalue weighted by molar-refractivity contribution is 9.10. The summed E-state index contributed by atoms with van der Waals surface area (Å²) in [7, 11) is 3.65. The molecule has 2 aromatic rings. The molecule has 0 saturated carbocycles. The molecule has 0 fully saturated rings. The van der Waals surface area contributed by atoms with E-state index in [-0.39, 0.29) is 6.04 Å². The van der Waals surface area contributed by atoms with Gasteiger partial charge in [-0.15, -0.1) is 0 Å². The quantitative estimate of drug-likeness (QED) is 0.846. The van der Waals surface area contributed by atoms with Gasteiger partial charge in [0.05, 0.1) is 7.11 Å². The Morgan fingerprint density at radius 2 is 2.05 bits per heavy atom. The summed E-state index contributed by atoms with van der Waals surface area (Å²) in [6.45, 7) is 0. The molecule has 0 saturated heterocycles. The fourth-order valence-corrected chi connectivity index (χ4v) is 3.15. The lowest BCUT2D eigenvalue weighted by Crippen LogP contribution is -2.19. The SMILES string of the molecule is CNC(Cc1cccc(OC)c1)c1ccc(Cl)cc1Br. The van der Waals surface area contributed by atoms with Gasteiger partial charge in [0.15, 0.2) is 0 Å². The van der Waals surface area contributed by atoms with E-state index in [2.05, 4.69) is 33.4 Å². The molecule has 0 amide bonds. The first-order valence-electron chi connectivity index (χ1n) is 6.39. The molecule has 2 aromatic carbocycles. The lowest BCUT2D eigenvalue weighted by atomic mass is 9.99. The van der Waals surface area contributed by atoms with Crippen LogP contribution < -0.4 is 10.1 Å². The van der Waals surface area contributed by atoms with E-state index >= 15 is 0 Å². The fourth-order valence-electron chi connectivity index (χ4n) is 2.19. The number of hydrogen-bond donors (Lipinski definition) is 1. The van der Waals surface area contributed by atoms with Crippen molar-refractivity contribution >= 4 is 27.5 Å². The van der Waals surface area contributed by atoms with E-state index in [9.17, 15) is 0 Å². The first kappa shape index (κ1) is 15.4. The highest BCUT2D eigenvalue weighted by Crippen LogP contribution is 2.29. The number of nitrogens with one attached hydrogen (secondary N) is 1. The first-order valence-corrected chi connectivity index (χ1v) is 7.56. The lowest BCUT2D eigenvalue weighted by molar-refractivity contribution is 0.414. The summed E-state index contributed by atoms with van der Waals surface area (Å²) in [6.07, 6.45) is 0.883. The van der Waals surface area contributed by atoms with Crippen molar-refractivity contribution in [3.8, 4) is 5.75 Å². The van der Waals surface area contributed by atoms with Crippen LogP contribution in [0.15, 0.2) is 46.9 Å². The van der Waals surface area contributed by atoms with Crippen molar-refractivity contribution in [2.24, 2.45) is 0 Å². The molecule has 1 atom stereocenters. The predicted molar refractivity (Wildman–Crippen MR) is 87.7 cm³/mol. The third kappa shape index (κ3) is 3.75. The van der Waals surface area contributed by atoms with Crippen LogP contribution in [0.25, 0.3) is 0 Å². The van der Waals surface area contributed by atoms with E-state index in [0.717, 1.165) is 21.7 Å². The number of likely N-dealkylation sites (N-methyl/N-ethyl adjacent to an activating group) is 1. The molecule has 2 nitrogen and oxygen atoms in total. The van der Waals surface area contributed by atoms with E-state index in [4.69, 9.17) is 16.3 Å². The maximum absolute atomic E-state index is 6.00.